The van der Waals surface area contributed by atoms with Crippen molar-refractivity contribution >= 4 is 11.8 Å². The molecule has 0 spiro atoms. The van der Waals surface area contributed by atoms with E-state index in [1.807, 2.05) is 54.3 Å². The summed E-state index contributed by atoms with van der Waals surface area (Å²) in [6.07, 6.45) is 1.81. The zero-order chi connectivity index (χ0) is 26.7. The van der Waals surface area contributed by atoms with Gasteiger partial charge in [-0.3, -0.25) is 9.59 Å². The lowest BCUT2D eigenvalue weighted by atomic mass is 9.85. The minimum Gasteiger partial charge on any atom is -0.493 e. The first-order valence-corrected chi connectivity index (χ1v) is 13.0. The molecule has 0 aliphatic carbocycles. The number of hydrogen-bond acceptors (Lipinski definition) is 7. The van der Waals surface area contributed by atoms with Gasteiger partial charge in [-0.15, -0.1) is 0 Å². The van der Waals surface area contributed by atoms with Crippen molar-refractivity contribution < 1.29 is 23.5 Å². The van der Waals surface area contributed by atoms with Gasteiger partial charge in [0.15, 0.2) is 11.5 Å². The SMILES string of the molecule is COc1cc2c(cc1OC)CN(C(=O)C1(NC(=O)Cc3nc(-c4ccccc4)oc3C)CCNCC1)CC2. The Morgan fingerprint density at radius 1 is 1.08 bits per heavy atom. The molecule has 9 heteroatoms. The number of ether oxygens (including phenoxy) is 2. The lowest BCUT2D eigenvalue weighted by Gasteiger charge is -2.42. The third-order valence-electron chi connectivity index (χ3n) is 7.49. The number of nitrogens with zero attached hydrogens (tertiary/aromatic N) is 2. The first kappa shape index (κ1) is 25.8. The normalized spacial score (nSPS) is 16.4. The van der Waals surface area contributed by atoms with Gasteiger partial charge in [0, 0.05) is 18.7 Å². The van der Waals surface area contributed by atoms with E-state index in [1.165, 1.54) is 0 Å². The van der Waals surface area contributed by atoms with Crippen molar-refractivity contribution in [3.05, 3.63) is 65.0 Å². The number of rotatable bonds is 7. The maximum Gasteiger partial charge on any atom is 0.248 e. The summed E-state index contributed by atoms with van der Waals surface area (Å²) < 4.78 is 16.8. The van der Waals surface area contributed by atoms with E-state index in [9.17, 15) is 9.59 Å². The van der Waals surface area contributed by atoms with Crippen LogP contribution in [-0.2, 0) is 29.0 Å². The second-order valence-corrected chi connectivity index (χ2v) is 9.90. The molecule has 2 amide bonds. The topological polar surface area (TPSA) is 106 Å². The Morgan fingerprint density at radius 3 is 2.45 bits per heavy atom. The molecule has 2 aliphatic rings. The van der Waals surface area contributed by atoms with Crippen LogP contribution in [0.2, 0.25) is 0 Å². The zero-order valence-corrected chi connectivity index (χ0v) is 22.1. The number of carbonyl (C=O) groups excluding carboxylic acids is 2. The fraction of sp³-hybridized carbons (Fsp3) is 0.414. The number of hydrogen-bond donors (Lipinski definition) is 2. The molecule has 3 aromatic rings. The average molecular weight is 519 g/mol. The van der Waals surface area contributed by atoms with Crippen LogP contribution in [0.3, 0.4) is 0 Å². The van der Waals surface area contributed by atoms with Crippen LogP contribution < -0.4 is 20.1 Å². The zero-order valence-electron chi connectivity index (χ0n) is 22.1. The number of amides is 2. The number of carbonyl (C=O) groups is 2. The van der Waals surface area contributed by atoms with Gasteiger partial charge in [-0.25, -0.2) is 4.98 Å². The lowest BCUT2D eigenvalue weighted by molar-refractivity contribution is -0.144. The number of fused-ring (bicyclic) bond motifs is 1. The number of benzene rings is 2. The number of methoxy groups -OCH3 is 2. The Hall–Kier alpha value is -3.85. The number of nitrogens with one attached hydrogen (secondary N) is 2. The van der Waals surface area contributed by atoms with E-state index in [4.69, 9.17) is 13.9 Å². The second-order valence-electron chi connectivity index (χ2n) is 9.90. The summed E-state index contributed by atoms with van der Waals surface area (Å²) in [5.41, 5.74) is 2.64. The van der Waals surface area contributed by atoms with Gasteiger partial charge < -0.3 is 29.4 Å². The fourth-order valence-electron chi connectivity index (χ4n) is 5.36. The Morgan fingerprint density at radius 2 is 1.76 bits per heavy atom. The van der Waals surface area contributed by atoms with Gasteiger partial charge >= 0.3 is 0 Å². The lowest BCUT2D eigenvalue weighted by Crippen LogP contribution is -2.64. The summed E-state index contributed by atoms with van der Waals surface area (Å²) in [4.78, 5) is 33.7. The molecule has 1 fully saturated rings. The molecule has 0 atom stereocenters. The standard InChI is InChI=1S/C29H34N4O5/c1-19-23(31-27(38-19)20-7-5-4-6-8-20)17-26(34)32-29(10-12-30-13-11-29)28(35)33-14-9-21-15-24(36-2)25(37-3)16-22(21)18-33/h4-8,15-16,30H,9-14,17-18H2,1-3H3,(H,32,34). The maximum absolute atomic E-state index is 14.0. The van der Waals surface area contributed by atoms with Crippen molar-refractivity contribution in [2.24, 2.45) is 0 Å². The predicted octanol–water partition coefficient (Wildman–Crippen LogP) is 3.03. The molecule has 0 radical (unpaired) electrons. The number of aromatic nitrogens is 1. The number of aryl methyl sites for hydroxylation is 1. The Labute approximate surface area is 222 Å². The molecule has 1 saturated heterocycles. The highest BCUT2D eigenvalue weighted by molar-refractivity contribution is 5.92. The Bertz CT molecular complexity index is 1310. The average Bonchev–Trinajstić information content (AvgIpc) is 3.31. The van der Waals surface area contributed by atoms with Gasteiger partial charge in [0.1, 0.15) is 11.3 Å². The molecule has 0 saturated carbocycles. The van der Waals surface area contributed by atoms with E-state index in [1.54, 1.807) is 14.2 Å². The molecule has 2 N–H and O–H groups in total. The van der Waals surface area contributed by atoms with Crippen molar-refractivity contribution in [1.82, 2.24) is 20.5 Å². The van der Waals surface area contributed by atoms with Gasteiger partial charge in [-0.1, -0.05) is 18.2 Å². The van der Waals surface area contributed by atoms with E-state index in [-0.39, 0.29) is 18.2 Å². The number of oxazole rings is 1. The van der Waals surface area contributed by atoms with Gasteiger partial charge in [0.05, 0.1) is 26.3 Å². The highest BCUT2D eigenvalue weighted by Gasteiger charge is 2.44. The predicted molar refractivity (Wildman–Crippen MR) is 142 cm³/mol. The number of piperidine rings is 1. The minimum atomic E-state index is -0.962. The van der Waals surface area contributed by atoms with Gasteiger partial charge in [0.25, 0.3) is 0 Å². The highest BCUT2D eigenvalue weighted by atomic mass is 16.5. The van der Waals surface area contributed by atoms with Crippen molar-refractivity contribution in [3.63, 3.8) is 0 Å². The van der Waals surface area contributed by atoms with E-state index in [0.717, 1.165) is 16.7 Å². The smallest absolute Gasteiger partial charge is 0.248 e. The third kappa shape index (κ3) is 5.11. The van der Waals surface area contributed by atoms with Crippen LogP contribution in [0.1, 0.15) is 35.4 Å². The van der Waals surface area contributed by atoms with Crippen LogP contribution in [0.15, 0.2) is 46.9 Å². The molecule has 0 bridgehead atoms. The minimum absolute atomic E-state index is 0.0461. The van der Waals surface area contributed by atoms with Crippen LogP contribution >= 0.6 is 0 Å². The van der Waals surface area contributed by atoms with Gasteiger partial charge in [-0.2, -0.15) is 0 Å². The van der Waals surface area contributed by atoms with E-state index < -0.39 is 5.54 Å². The molecular weight excluding hydrogens is 484 g/mol. The van der Waals surface area contributed by atoms with E-state index in [0.29, 0.717) is 74.3 Å². The van der Waals surface area contributed by atoms with Crippen LogP contribution in [-0.4, -0.2) is 61.1 Å². The molecule has 38 heavy (non-hydrogen) atoms. The quantitative estimate of drug-likeness (QED) is 0.495. The summed E-state index contributed by atoms with van der Waals surface area (Å²) in [6.45, 7) is 4.16. The first-order chi connectivity index (χ1) is 18.4. The highest BCUT2D eigenvalue weighted by Crippen LogP contribution is 2.34. The largest absolute Gasteiger partial charge is 0.493 e. The van der Waals surface area contributed by atoms with Crippen molar-refractivity contribution in [3.8, 4) is 23.0 Å². The monoisotopic (exact) mass is 518 g/mol. The van der Waals surface area contributed by atoms with Crippen LogP contribution in [0.25, 0.3) is 11.5 Å². The summed E-state index contributed by atoms with van der Waals surface area (Å²) in [5, 5.41) is 6.44. The maximum atomic E-state index is 14.0. The van der Waals surface area contributed by atoms with Gasteiger partial charge in [-0.05, 0) is 74.7 Å². The molecule has 1 aromatic heterocycles. The van der Waals surface area contributed by atoms with E-state index in [2.05, 4.69) is 15.6 Å². The van der Waals surface area contributed by atoms with Crippen molar-refractivity contribution in [1.29, 1.82) is 0 Å². The third-order valence-corrected chi connectivity index (χ3v) is 7.49. The molecule has 9 nitrogen and oxygen atoms in total. The second kappa shape index (κ2) is 10.9. The van der Waals surface area contributed by atoms with Gasteiger partial charge in [0.2, 0.25) is 17.7 Å². The summed E-state index contributed by atoms with van der Waals surface area (Å²) in [6, 6.07) is 13.5. The summed E-state index contributed by atoms with van der Waals surface area (Å²) in [5.74, 6) is 2.13. The van der Waals surface area contributed by atoms with Crippen molar-refractivity contribution in [2.75, 3.05) is 33.9 Å². The molecule has 3 heterocycles. The molecule has 0 unspecified atom stereocenters. The fourth-order valence-corrected chi connectivity index (χ4v) is 5.36. The Balaban J connectivity index is 1.33. The van der Waals surface area contributed by atoms with Crippen LogP contribution in [0.4, 0.5) is 0 Å². The van der Waals surface area contributed by atoms with Crippen LogP contribution in [0, 0.1) is 6.92 Å². The molecule has 200 valence electrons. The molecule has 2 aliphatic heterocycles. The first-order valence-electron chi connectivity index (χ1n) is 13.0. The molecule has 2 aromatic carbocycles. The van der Waals surface area contributed by atoms with Crippen molar-refractivity contribution in [2.45, 2.75) is 44.7 Å². The Kier molecular flexibility index (Phi) is 7.37. The summed E-state index contributed by atoms with van der Waals surface area (Å²) in [7, 11) is 3.23. The van der Waals surface area contributed by atoms with Crippen LogP contribution in [0.5, 0.6) is 11.5 Å². The molecule has 5 rings (SSSR count). The summed E-state index contributed by atoms with van der Waals surface area (Å²) >= 11 is 0. The molecular formula is C29H34N4O5. The van der Waals surface area contributed by atoms with E-state index >= 15 is 0 Å².